The molecule has 1 unspecified atom stereocenters. The van der Waals surface area contributed by atoms with Crippen molar-refractivity contribution in [2.45, 2.75) is 25.8 Å². The van der Waals surface area contributed by atoms with Crippen molar-refractivity contribution in [3.63, 3.8) is 0 Å². The van der Waals surface area contributed by atoms with Crippen LogP contribution in [0.3, 0.4) is 0 Å². The molecule has 0 aromatic heterocycles. The Hall–Kier alpha value is -3.24. The normalized spacial score (nSPS) is 15.8. The van der Waals surface area contributed by atoms with E-state index in [1.807, 2.05) is 48.5 Å². The van der Waals surface area contributed by atoms with Gasteiger partial charge in [-0.1, -0.05) is 74.0 Å². The monoisotopic (exact) mass is 386 g/mol. The summed E-state index contributed by atoms with van der Waals surface area (Å²) in [7, 11) is 2.10. The molecule has 2 N–H and O–H groups in total. The van der Waals surface area contributed by atoms with Gasteiger partial charge in [-0.3, -0.25) is 10.7 Å². The van der Waals surface area contributed by atoms with E-state index in [-0.39, 0.29) is 6.04 Å². The third-order valence-corrected chi connectivity index (χ3v) is 5.36. The Kier molecular flexibility index (Phi) is 5.54. The van der Waals surface area contributed by atoms with Gasteiger partial charge in [-0.2, -0.15) is 0 Å². The van der Waals surface area contributed by atoms with Gasteiger partial charge >= 0.3 is 0 Å². The third kappa shape index (κ3) is 3.71. The summed E-state index contributed by atoms with van der Waals surface area (Å²) < 4.78 is 6.25. The Morgan fingerprint density at radius 3 is 2.41 bits per heavy atom. The van der Waals surface area contributed by atoms with Crippen LogP contribution < -0.4 is 15.1 Å². The molecule has 4 rings (SSSR count). The van der Waals surface area contributed by atoms with E-state index in [0.717, 1.165) is 52.4 Å². The lowest BCUT2D eigenvalue weighted by Gasteiger charge is -2.29. The number of benzene rings is 3. The predicted molar refractivity (Wildman–Crippen MR) is 117 cm³/mol. The number of hydrogen-bond acceptors (Lipinski definition) is 4. The van der Waals surface area contributed by atoms with Crippen LogP contribution in [0, 0.1) is 0 Å². The number of anilines is 1. The van der Waals surface area contributed by atoms with Crippen LogP contribution in [0.5, 0.6) is 11.5 Å². The van der Waals surface area contributed by atoms with Crippen molar-refractivity contribution in [2.75, 3.05) is 11.9 Å². The summed E-state index contributed by atoms with van der Waals surface area (Å²) >= 11 is 0. The molecule has 4 nitrogen and oxygen atoms in total. The minimum Gasteiger partial charge on any atom is -0.455 e. The average Bonchev–Trinajstić information content (AvgIpc) is 2.89. The summed E-state index contributed by atoms with van der Waals surface area (Å²) in [5, 5.41) is 9.50. The molecular weight excluding hydrogens is 360 g/mol. The van der Waals surface area contributed by atoms with Gasteiger partial charge < -0.3 is 9.64 Å². The van der Waals surface area contributed by atoms with E-state index >= 15 is 0 Å². The summed E-state index contributed by atoms with van der Waals surface area (Å²) in [5.41, 5.74) is 7.38. The van der Waals surface area contributed by atoms with Crippen LogP contribution in [0.1, 0.15) is 42.5 Å². The standard InChI is InChI=1S/C25H26N2O2/c1-3-4-10-21(26-28)18-14-16-19(17-15-18)25-20-9-5-7-12-23(20)29-24-13-8-6-11-22(24)27(25)2/h5-17,25-26,28H,3-4H2,1-2H3/b21-10+. The van der Waals surface area contributed by atoms with Gasteiger partial charge in [0.1, 0.15) is 5.75 Å². The molecule has 0 aliphatic carbocycles. The summed E-state index contributed by atoms with van der Waals surface area (Å²) in [4.78, 5) is 2.26. The number of ether oxygens (including phenoxy) is 1. The van der Waals surface area contributed by atoms with Gasteiger partial charge in [-0.25, -0.2) is 0 Å². The highest BCUT2D eigenvalue weighted by molar-refractivity contribution is 5.67. The van der Waals surface area contributed by atoms with Gasteiger partial charge in [-0.05, 0) is 35.7 Å². The van der Waals surface area contributed by atoms with E-state index in [0.29, 0.717) is 0 Å². The molecule has 0 saturated heterocycles. The maximum Gasteiger partial charge on any atom is 0.150 e. The van der Waals surface area contributed by atoms with Gasteiger partial charge in [0, 0.05) is 12.6 Å². The lowest BCUT2D eigenvalue weighted by molar-refractivity contribution is 0.224. The Morgan fingerprint density at radius 2 is 1.69 bits per heavy atom. The number of unbranched alkanes of at least 4 members (excludes halogenated alkanes) is 1. The molecule has 4 heteroatoms. The first-order valence-corrected chi connectivity index (χ1v) is 10.0. The van der Waals surface area contributed by atoms with Crippen LogP contribution in [-0.2, 0) is 0 Å². The van der Waals surface area contributed by atoms with Crippen molar-refractivity contribution >= 4 is 11.4 Å². The van der Waals surface area contributed by atoms with E-state index < -0.39 is 0 Å². The molecule has 3 aromatic rings. The second kappa shape index (κ2) is 8.41. The van der Waals surface area contributed by atoms with Crippen LogP contribution in [0.25, 0.3) is 5.70 Å². The Labute approximate surface area is 172 Å². The maximum atomic E-state index is 9.50. The summed E-state index contributed by atoms with van der Waals surface area (Å²) in [6.07, 6.45) is 3.97. The molecule has 1 aliphatic heterocycles. The topological polar surface area (TPSA) is 44.7 Å². The highest BCUT2D eigenvalue weighted by Crippen LogP contribution is 2.45. The molecule has 29 heavy (non-hydrogen) atoms. The zero-order valence-electron chi connectivity index (χ0n) is 16.8. The first-order valence-electron chi connectivity index (χ1n) is 10.0. The molecule has 148 valence electrons. The van der Waals surface area contributed by atoms with E-state index in [1.165, 1.54) is 0 Å². The minimum atomic E-state index is 0.0223. The van der Waals surface area contributed by atoms with Crippen LogP contribution in [0.4, 0.5) is 5.69 Å². The molecule has 0 fully saturated rings. The lowest BCUT2D eigenvalue weighted by Crippen LogP contribution is -2.24. The fourth-order valence-corrected chi connectivity index (χ4v) is 3.87. The highest BCUT2D eigenvalue weighted by Gasteiger charge is 2.28. The third-order valence-electron chi connectivity index (χ3n) is 5.36. The van der Waals surface area contributed by atoms with Crippen molar-refractivity contribution < 1.29 is 9.94 Å². The Bertz CT molecular complexity index is 1010. The van der Waals surface area contributed by atoms with E-state index in [2.05, 4.69) is 54.7 Å². The maximum absolute atomic E-state index is 9.50. The summed E-state index contributed by atoms with van der Waals surface area (Å²) in [6, 6.07) is 24.7. The molecule has 1 heterocycles. The number of allylic oxidation sites excluding steroid dienone is 1. The second-order valence-electron chi connectivity index (χ2n) is 7.26. The number of para-hydroxylation sites is 3. The molecular formula is C25H26N2O2. The smallest absolute Gasteiger partial charge is 0.150 e. The van der Waals surface area contributed by atoms with Gasteiger partial charge in [0.25, 0.3) is 0 Å². The zero-order valence-corrected chi connectivity index (χ0v) is 16.8. The van der Waals surface area contributed by atoms with Crippen LogP contribution in [0.15, 0.2) is 78.9 Å². The highest BCUT2D eigenvalue weighted by atomic mass is 16.5. The van der Waals surface area contributed by atoms with Crippen molar-refractivity contribution in [3.8, 4) is 11.5 Å². The van der Waals surface area contributed by atoms with Crippen molar-refractivity contribution in [1.29, 1.82) is 0 Å². The Morgan fingerprint density at radius 1 is 1.00 bits per heavy atom. The number of hydroxylamine groups is 1. The van der Waals surface area contributed by atoms with Gasteiger partial charge in [0.15, 0.2) is 5.75 Å². The van der Waals surface area contributed by atoms with E-state index in [1.54, 1.807) is 0 Å². The van der Waals surface area contributed by atoms with Gasteiger partial charge in [0.2, 0.25) is 0 Å². The molecule has 0 amide bonds. The average molecular weight is 386 g/mol. The van der Waals surface area contributed by atoms with E-state index in [4.69, 9.17) is 4.74 Å². The largest absolute Gasteiger partial charge is 0.455 e. The first-order chi connectivity index (χ1) is 14.2. The number of nitrogens with zero attached hydrogens (tertiary/aromatic N) is 1. The molecule has 3 aromatic carbocycles. The minimum absolute atomic E-state index is 0.0223. The molecule has 0 saturated carbocycles. The molecule has 0 radical (unpaired) electrons. The van der Waals surface area contributed by atoms with Crippen molar-refractivity contribution in [3.05, 3.63) is 95.6 Å². The second-order valence-corrected chi connectivity index (χ2v) is 7.26. The molecule has 0 bridgehead atoms. The predicted octanol–water partition coefficient (Wildman–Crippen LogP) is 6.14. The lowest BCUT2D eigenvalue weighted by atomic mass is 9.95. The Balaban J connectivity index is 1.77. The van der Waals surface area contributed by atoms with Gasteiger partial charge in [-0.15, -0.1) is 0 Å². The van der Waals surface area contributed by atoms with Crippen LogP contribution >= 0.6 is 0 Å². The zero-order chi connectivity index (χ0) is 20.2. The fourth-order valence-electron chi connectivity index (χ4n) is 3.87. The molecule has 1 aliphatic rings. The quantitative estimate of drug-likeness (QED) is 0.517. The summed E-state index contributed by atoms with van der Waals surface area (Å²) in [5.74, 6) is 1.73. The fraction of sp³-hybridized carbons (Fsp3) is 0.200. The first kappa shape index (κ1) is 19.1. The number of nitrogens with one attached hydrogen (secondary N) is 1. The number of hydrogen-bond donors (Lipinski definition) is 2. The van der Waals surface area contributed by atoms with Crippen LogP contribution in [-0.4, -0.2) is 12.3 Å². The SMILES string of the molecule is CCC/C=C(/NO)c1ccc(C2c3ccccc3Oc3ccccc3N2C)cc1. The van der Waals surface area contributed by atoms with Crippen molar-refractivity contribution in [1.82, 2.24) is 5.48 Å². The van der Waals surface area contributed by atoms with E-state index in [9.17, 15) is 5.21 Å². The number of rotatable bonds is 5. The molecule has 0 spiro atoms. The number of fused-ring (bicyclic) bond motifs is 2. The van der Waals surface area contributed by atoms with Crippen molar-refractivity contribution in [2.24, 2.45) is 0 Å². The van der Waals surface area contributed by atoms with Gasteiger partial charge in [0.05, 0.1) is 17.4 Å². The molecule has 1 atom stereocenters. The van der Waals surface area contributed by atoms with Crippen LogP contribution in [0.2, 0.25) is 0 Å². The summed E-state index contributed by atoms with van der Waals surface area (Å²) in [6.45, 7) is 2.12.